The molecule has 29 heavy (non-hydrogen) atoms. The van der Waals surface area contributed by atoms with Crippen molar-refractivity contribution in [2.24, 2.45) is 5.16 Å². The molecule has 1 aromatic rings. The van der Waals surface area contributed by atoms with Crippen molar-refractivity contribution in [2.45, 2.75) is 25.8 Å². The molecule has 0 radical (unpaired) electrons. The number of carbonyl (C=O) groups is 2. The van der Waals surface area contributed by atoms with E-state index in [0.717, 1.165) is 18.2 Å². The molecule has 1 atom stereocenters. The van der Waals surface area contributed by atoms with Crippen molar-refractivity contribution < 1.29 is 28.6 Å². The fourth-order valence-electron chi connectivity index (χ4n) is 3.02. The summed E-state index contributed by atoms with van der Waals surface area (Å²) >= 11 is 0. The second-order valence-corrected chi connectivity index (χ2v) is 6.11. The van der Waals surface area contributed by atoms with E-state index in [4.69, 9.17) is 14.2 Å². The highest BCUT2D eigenvalue weighted by Gasteiger charge is 2.33. The molecule has 0 saturated carbocycles. The van der Waals surface area contributed by atoms with E-state index in [-0.39, 0.29) is 24.4 Å². The highest BCUT2D eigenvalue weighted by atomic mass is 16.6. The first-order valence-electron chi connectivity index (χ1n) is 9.36. The van der Waals surface area contributed by atoms with E-state index in [1.54, 1.807) is 18.1 Å². The number of hydrogen-bond donors (Lipinski definition) is 1. The molecule has 1 aromatic carbocycles. The van der Waals surface area contributed by atoms with Crippen LogP contribution in [0.1, 0.15) is 31.4 Å². The van der Waals surface area contributed by atoms with Gasteiger partial charge in [-0.1, -0.05) is 17.8 Å². The van der Waals surface area contributed by atoms with Gasteiger partial charge in [-0.2, -0.15) is 0 Å². The first kappa shape index (κ1) is 22.2. The molecule has 0 aliphatic carbocycles. The van der Waals surface area contributed by atoms with Gasteiger partial charge < -0.3 is 29.3 Å². The van der Waals surface area contributed by atoms with Gasteiger partial charge in [0, 0.05) is 13.0 Å². The molecule has 1 saturated heterocycles. The summed E-state index contributed by atoms with van der Waals surface area (Å²) in [7, 11) is 1.57. The lowest BCUT2D eigenvalue weighted by Gasteiger charge is -2.25. The Labute approximate surface area is 170 Å². The second kappa shape index (κ2) is 11.7. The van der Waals surface area contributed by atoms with Gasteiger partial charge >= 0.3 is 0 Å². The number of hydrogen-bond acceptors (Lipinski definition) is 7. The molecular formula is C20H27N3O6. The maximum atomic E-state index is 12.3. The average molecular weight is 405 g/mol. The molecule has 1 heterocycles. The fourth-order valence-corrected chi connectivity index (χ4v) is 3.02. The normalized spacial score (nSPS) is 16.1. The van der Waals surface area contributed by atoms with Gasteiger partial charge in [-0.05, 0) is 31.0 Å². The maximum absolute atomic E-state index is 12.3. The van der Waals surface area contributed by atoms with Gasteiger partial charge in [-0.25, -0.2) is 0 Å². The Kier molecular flexibility index (Phi) is 8.97. The van der Waals surface area contributed by atoms with E-state index in [1.807, 2.05) is 19.1 Å². The van der Waals surface area contributed by atoms with Gasteiger partial charge in [-0.3, -0.25) is 9.59 Å². The van der Waals surface area contributed by atoms with Crippen LogP contribution in [-0.2, 0) is 19.2 Å². The molecule has 2 amide bonds. The van der Waals surface area contributed by atoms with Crippen molar-refractivity contribution in [3.05, 3.63) is 36.6 Å². The minimum Gasteiger partial charge on any atom is -0.493 e. The lowest BCUT2D eigenvalue weighted by molar-refractivity contribution is -0.134. The van der Waals surface area contributed by atoms with Gasteiger partial charge in [-0.15, -0.1) is 0 Å². The monoisotopic (exact) mass is 405 g/mol. The van der Waals surface area contributed by atoms with Crippen molar-refractivity contribution in [3.8, 4) is 11.5 Å². The first-order valence-corrected chi connectivity index (χ1v) is 9.36. The summed E-state index contributed by atoms with van der Waals surface area (Å²) in [6, 6.07) is 5.29. The molecule has 1 fully saturated rings. The van der Waals surface area contributed by atoms with Crippen LogP contribution in [0.5, 0.6) is 11.5 Å². The van der Waals surface area contributed by atoms with Crippen molar-refractivity contribution in [2.75, 3.05) is 33.5 Å². The minimum absolute atomic E-state index is 0.0842. The molecule has 158 valence electrons. The van der Waals surface area contributed by atoms with Crippen molar-refractivity contribution in [1.29, 1.82) is 0 Å². The van der Waals surface area contributed by atoms with Crippen molar-refractivity contribution in [3.63, 3.8) is 0 Å². The van der Waals surface area contributed by atoms with Crippen LogP contribution in [0.25, 0.3) is 0 Å². The molecular weight excluding hydrogens is 378 g/mol. The molecule has 1 aliphatic heterocycles. The quantitative estimate of drug-likeness (QED) is 0.188. The topological polar surface area (TPSA) is 98.7 Å². The summed E-state index contributed by atoms with van der Waals surface area (Å²) in [5, 5.41) is 5.90. The summed E-state index contributed by atoms with van der Waals surface area (Å²) in [5.41, 5.74) is 0.875. The van der Waals surface area contributed by atoms with E-state index >= 15 is 0 Å². The van der Waals surface area contributed by atoms with Crippen molar-refractivity contribution in [1.82, 2.24) is 10.2 Å². The van der Waals surface area contributed by atoms with Gasteiger partial charge in [0.15, 0.2) is 11.5 Å². The zero-order chi connectivity index (χ0) is 21.1. The van der Waals surface area contributed by atoms with Gasteiger partial charge in [0.2, 0.25) is 11.8 Å². The first-order chi connectivity index (χ1) is 14.1. The largest absolute Gasteiger partial charge is 0.493 e. The SMILES string of the molecule is C=CO/N=C/NC(=O)CN1C(=O)CCC1c1ccc(OC)c(OCCOCC)c1. The number of nitrogens with zero attached hydrogens (tertiary/aromatic N) is 2. The Hall–Kier alpha value is -3.07. The summed E-state index contributed by atoms with van der Waals surface area (Å²) in [6.07, 6.45) is 3.22. The molecule has 1 unspecified atom stereocenters. The molecule has 1 aliphatic rings. The minimum atomic E-state index is -0.372. The van der Waals surface area contributed by atoms with Crippen LogP contribution in [0.2, 0.25) is 0 Å². The third kappa shape index (κ3) is 6.49. The van der Waals surface area contributed by atoms with E-state index in [9.17, 15) is 9.59 Å². The third-order valence-electron chi connectivity index (χ3n) is 4.32. The number of ether oxygens (including phenoxy) is 3. The number of amides is 2. The van der Waals surface area contributed by atoms with E-state index < -0.39 is 0 Å². The Morgan fingerprint density at radius 3 is 2.93 bits per heavy atom. The van der Waals surface area contributed by atoms with Gasteiger partial charge in [0.25, 0.3) is 0 Å². The van der Waals surface area contributed by atoms with Crippen molar-refractivity contribution >= 4 is 18.2 Å². The molecule has 9 nitrogen and oxygen atoms in total. The average Bonchev–Trinajstić information content (AvgIpc) is 3.08. The Balaban J connectivity index is 2.08. The smallest absolute Gasteiger partial charge is 0.244 e. The Bertz CT molecular complexity index is 737. The third-order valence-corrected chi connectivity index (χ3v) is 4.32. The summed E-state index contributed by atoms with van der Waals surface area (Å²) < 4.78 is 16.4. The molecule has 0 spiro atoms. The summed E-state index contributed by atoms with van der Waals surface area (Å²) in [5.74, 6) is 0.710. The van der Waals surface area contributed by atoms with E-state index in [0.29, 0.717) is 44.2 Å². The number of rotatable bonds is 12. The summed E-state index contributed by atoms with van der Waals surface area (Å²) in [4.78, 5) is 30.5. The molecule has 9 heteroatoms. The molecule has 0 bridgehead atoms. The van der Waals surface area contributed by atoms with Gasteiger partial charge in [0.05, 0.1) is 19.8 Å². The predicted molar refractivity (Wildman–Crippen MR) is 107 cm³/mol. The van der Waals surface area contributed by atoms with Crippen LogP contribution < -0.4 is 14.8 Å². The number of carbonyl (C=O) groups excluding carboxylic acids is 2. The predicted octanol–water partition coefficient (Wildman–Crippen LogP) is 1.99. The lowest BCUT2D eigenvalue weighted by atomic mass is 10.0. The number of nitrogens with one attached hydrogen (secondary N) is 1. The van der Waals surface area contributed by atoms with Crippen LogP contribution in [0.15, 0.2) is 36.2 Å². The van der Waals surface area contributed by atoms with Gasteiger partial charge in [0.1, 0.15) is 25.8 Å². The molecule has 0 aromatic heterocycles. The summed E-state index contributed by atoms with van der Waals surface area (Å²) in [6.45, 7) is 6.63. The van der Waals surface area contributed by atoms with Crippen LogP contribution >= 0.6 is 0 Å². The number of oxime groups is 1. The van der Waals surface area contributed by atoms with Crippen LogP contribution in [0, 0.1) is 0 Å². The molecule has 2 rings (SSSR count). The number of likely N-dealkylation sites (tertiary alicyclic amines) is 1. The van der Waals surface area contributed by atoms with E-state index in [2.05, 4.69) is 21.9 Å². The number of benzene rings is 1. The Morgan fingerprint density at radius 1 is 1.38 bits per heavy atom. The standard InChI is InChI=1S/C20H27N3O6/c1-4-27-10-11-28-18-12-15(6-8-17(18)26-3)16-7-9-20(25)23(16)13-19(24)21-14-22-29-5-2/h5-6,8,12,14,16H,2,4,7,9-11,13H2,1,3H3,(H,21,22,24). The zero-order valence-electron chi connectivity index (χ0n) is 16.8. The fraction of sp³-hybridized carbons (Fsp3) is 0.450. The zero-order valence-corrected chi connectivity index (χ0v) is 16.8. The number of methoxy groups -OCH3 is 1. The second-order valence-electron chi connectivity index (χ2n) is 6.11. The van der Waals surface area contributed by atoms with Crippen LogP contribution in [0.4, 0.5) is 0 Å². The maximum Gasteiger partial charge on any atom is 0.244 e. The molecule has 1 N–H and O–H groups in total. The highest BCUT2D eigenvalue weighted by molar-refractivity contribution is 5.92. The Morgan fingerprint density at radius 2 is 2.21 bits per heavy atom. The lowest BCUT2D eigenvalue weighted by Crippen LogP contribution is -2.38. The van der Waals surface area contributed by atoms with Crippen LogP contribution in [-0.4, -0.2) is 56.5 Å². The highest BCUT2D eigenvalue weighted by Crippen LogP contribution is 2.37. The van der Waals surface area contributed by atoms with E-state index in [1.165, 1.54) is 0 Å². The van der Waals surface area contributed by atoms with Crippen LogP contribution in [0.3, 0.4) is 0 Å².